The standard InChI is InChI=1S/C10H12BrNO/c11-8-1-3-9(4-2-8)12-6-5-10(13)7-12/h1-4,10,13H,5-7H2. The maximum absolute atomic E-state index is 9.36. The summed E-state index contributed by atoms with van der Waals surface area (Å²) in [5, 5.41) is 9.36. The van der Waals surface area contributed by atoms with Gasteiger partial charge in [0.05, 0.1) is 6.10 Å². The van der Waals surface area contributed by atoms with E-state index in [1.54, 1.807) is 0 Å². The smallest absolute Gasteiger partial charge is 0.0731 e. The van der Waals surface area contributed by atoms with Crippen LogP contribution in [0.25, 0.3) is 0 Å². The van der Waals surface area contributed by atoms with Gasteiger partial charge in [-0.25, -0.2) is 0 Å². The molecule has 0 aromatic heterocycles. The number of benzene rings is 1. The van der Waals surface area contributed by atoms with Crippen molar-refractivity contribution >= 4 is 21.6 Å². The molecule has 2 rings (SSSR count). The number of anilines is 1. The molecule has 1 unspecified atom stereocenters. The Kier molecular flexibility index (Phi) is 2.56. The van der Waals surface area contributed by atoms with E-state index in [4.69, 9.17) is 0 Å². The molecule has 1 atom stereocenters. The Morgan fingerprint density at radius 2 is 2.00 bits per heavy atom. The van der Waals surface area contributed by atoms with E-state index < -0.39 is 0 Å². The highest BCUT2D eigenvalue weighted by Crippen LogP contribution is 2.22. The molecule has 70 valence electrons. The summed E-state index contributed by atoms with van der Waals surface area (Å²) in [4.78, 5) is 2.21. The van der Waals surface area contributed by atoms with Crippen molar-refractivity contribution in [2.24, 2.45) is 0 Å². The van der Waals surface area contributed by atoms with Gasteiger partial charge in [0, 0.05) is 23.2 Å². The molecule has 1 saturated heterocycles. The fourth-order valence-electron chi connectivity index (χ4n) is 1.63. The van der Waals surface area contributed by atoms with E-state index in [2.05, 4.69) is 33.0 Å². The van der Waals surface area contributed by atoms with E-state index in [0.717, 1.165) is 24.0 Å². The highest BCUT2D eigenvalue weighted by atomic mass is 79.9. The Hall–Kier alpha value is -0.540. The molecule has 1 aliphatic heterocycles. The Morgan fingerprint density at radius 3 is 2.54 bits per heavy atom. The number of aliphatic hydroxyl groups is 1. The van der Waals surface area contributed by atoms with Crippen molar-refractivity contribution in [1.82, 2.24) is 0 Å². The summed E-state index contributed by atoms with van der Waals surface area (Å²) in [6.45, 7) is 1.73. The first-order chi connectivity index (χ1) is 6.25. The van der Waals surface area contributed by atoms with Gasteiger partial charge >= 0.3 is 0 Å². The van der Waals surface area contributed by atoms with Gasteiger partial charge < -0.3 is 10.0 Å². The highest BCUT2D eigenvalue weighted by molar-refractivity contribution is 9.10. The summed E-state index contributed by atoms with van der Waals surface area (Å²) in [6, 6.07) is 8.20. The molecular formula is C10H12BrNO. The normalized spacial score (nSPS) is 22.3. The second-order valence-corrected chi connectivity index (χ2v) is 4.28. The summed E-state index contributed by atoms with van der Waals surface area (Å²) in [5.74, 6) is 0. The zero-order valence-electron chi connectivity index (χ0n) is 7.28. The minimum absolute atomic E-state index is 0.149. The number of β-amino-alcohol motifs (C(OH)–C–C–N with tert-alkyl or cyclic N) is 1. The first-order valence-corrected chi connectivity index (χ1v) is 5.23. The Balaban J connectivity index is 2.13. The maximum Gasteiger partial charge on any atom is 0.0731 e. The predicted molar refractivity (Wildman–Crippen MR) is 57.0 cm³/mol. The van der Waals surface area contributed by atoms with Gasteiger partial charge in [0.2, 0.25) is 0 Å². The Bertz CT molecular complexity index is 285. The first kappa shape index (κ1) is 9.03. The lowest BCUT2D eigenvalue weighted by molar-refractivity contribution is 0.198. The van der Waals surface area contributed by atoms with Crippen LogP contribution in [-0.2, 0) is 0 Å². The number of aliphatic hydroxyl groups excluding tert-OH is 1. The lowest BCUT2D eigenvalue weighted by Crippen LogP contribution is -2.20. The van der Waals surface area contributed by atoms with Crippen molar-refractivity contribution in [2.75, 3.05) is 18.0 Å². The van der Waals surface area contributed by atoms with Gasteiger partial charge in [0.1, 0.15) is 0 Å². The second-order valence-electron chi connectivity index (χ2n) is 3.36. The summed E-state index contributed by atoms with van der Waals surface area (Å²) in [6.07, 6.45) is 0.736. The van der Waals surface area contributed by atoms with Crippen LogP contribution in [0.5, 0.6) is 0 Å². The van der Waals surface area contributed by atoms with E-state index in [1.807, 2.05) is 12.1 Å². The van der Waals surface area contributed by atoms with Crippen molar-refractivity contribution in [3.8, 4) is 0 Å². The average molecular weight is 242 g/mol. The van der Waals surface area contributed by atoms with Crippen LogP contribution in [0.1, 0.15) is 6.42 Å². The van der Waals surface area contributed by atoms with E-state index in [0.29, 0.717) is 0 Å². The Labute approximate surface area is 86.3 Å². The molecule has 1 aromatic carbocycles. The van der Waals surface area contributed by atoms with E-state index in [9.17, 15) is 5.11 Å². The fraction of sp³-hybridized carbons (Fsp3) is 0.400. The Morgan fingerprint density at radius 1 is 1.31 bits per heavy atom. The molecule has 0 bridgehead atoms. The average Bonchev–Trinajstić information content (AvgIpc) is 2.53. The third-order valence-electron chi connectivity index (χ3n) is 2.36. The highest BCUT2D eigenvalue weighted by Gasteiger charge is 2.19. The topological polar surface area (TPSA) is 23.5 Å². The van der Waals surface area contributed by atoms with Crippen LogP contribution in [0, 0.1) is 0 Å². The number of nitrogens with zero attached hydrogens (tertiary/aromatic N) is 1. The van der Waals surface area contributed by atoms with Crippen LogP contribution in [0.2, 0.25) is 0 Å². The van der Waals surface area contributed by atoms with Crippen molar-refractivity contribution in [2.45, 2.75) is 12.5 Å². The van der Waals surface area contributed by atoms with Crippen LogP contribution in [0.15, 0.2) is 28.7 Å². The molecule has 13 heavy (non-hydrogen) atoms. The molecule has 1 N–H and O–H groups in total. The lowest BCUT2D eigenvalue weighted by atomic mass is 10.3. The third-order valence-corrected chi connectivity index (χ3v) is 2.88. The van der Waals surface area contributed by atoms with Gasteiger partial charge in [-0.05, 0) is 30.7 Å². The lowest BCUT2D eigenvalue weighted by Gasteiger charge is -2.17. The van der Waals surface area contributed by atoms with Crippen molar-refractivity contribution in [3.63, 3.8) is 0 Å². The first-order valence-electron chi connectivity index (χ1n) is 4.44. The van der Waals surface area contributed by atoms with Crippen LogP contribution < -0.4 is 4.90 Å². The molecule has 1 fully saturated rings. The molecule has 0 amide bonds. The van der Waals surface area contributed by atoms with Gasteiger partial charge in [-0.1, -0.05) is 15.9 Å². The summed E-state index contributed by atoms with van der Waals surface area (Å²) < 4.78 is 1.09. The van der Waals surface area contributed by atoms with E-state index in [1.165, 1.54) is 5.69 Å². The van der Waals surface area contributed by atoms with Crippen LogP contribution >= 0.6 is 15.9 Å². The van der Waals surface area contributed by atoms with Gasteiger partial charge in [0.25, 0.3) is 0 Å². The molecular weight excluding hydrogens is 230 g/mol. The molecule has 3 heteroatoms. The zero-order valence-corrected chi connectivity index (χ0v) is 8.87. The minimum Gasteiger partial charge on any atom is -0.391 e. The molecule has 0 aliphatic carbocycles. The summed E-state index contributed by atoms with van der Waals surface area (Å²) in [5.41, 5.74) is 1.19. The minimum atomic E-state index is -0.149. The number of hydrogen-bond donors (Lipinski definition) is 1. The molecule has 1 aromatic rings. The molecule has 0 spiro atoms. The largest absolute Gasteiger partial charge is 0.391 e. The van der Waals surface area contributed by atoms with Crippen LogP contribution in [0.4, 0.5) is 5.69 Å². The molecule has 1 heterocycles. The van der Waals surface area contributed by atoms with Crippen molar-refractivity contribution < 1.29 is 5.11 Å². The van der Waals surface area contributed by atoms with Crippen molar-refractivity contribution in [3.05, 3.63) is 28.7 Å². The second kappa shape index (κ2) is 3.68. The predicted octanol–water partition coefficient (Wildman–Crippen LogP) is 2.02. The summed E-state index contributed by atoms with van der Waals surface area (Å²) >= 11 is 3.40. The SMILES string of the molecule is OC1CCN(c2ccc(Br)cc2)C1. The van der Waals surface area contributed by atoms with Crippen LogP contribution in [0.3, 0.4) is 0 Å². The number of halogens is 1. The number of hydrogen-bond acceptors (Lipinski definition) is 2. The molecule has 1 aliphatic rings. The maximum atomic E-state index is 9.36. The molecule has 0 saturated carbocycles. The van der Waals surface area contributed by atoms with E-state index >= 15 is 0 Å². The quantitative estimate of drug-likeness (QED) is 0.814. The van der Waals surface area contributed by atoms with Gasteiger partial charge in [-0.3, -0.25) is 0 Å². The van der Waals surface area contributed by atoms with Gasteiger partial charge in [-0.2, -0.15) is 0 Å². The third kappa shape index (κ3) is 2.03. The van der Waals surface area contributed by atoms with Crippen molar-refractivity contribution in [1.29, 1.82) is 0 Å². The number of rotatable bonds is 1. The zero-order chi connectivity index (χ0) is 9.26. The van der Waals surface area contributed by atoms with Crippen LogP contribution in [-0.4, -0.2) is 24.3 Å². The monoisotopic (exact) mass is 241 g/mol. The molecule has 0 radical (unpaired) electrons. The fourth-order valence-corrected chi connectivity index (χ4v) is 1.89. The van der Waals surface area contributed by atoms with E-state index in [-0.39, 0.29) is 6.10 Å². The van der Waals surface area contributed by atoms with Gasteiger partial charge in [-0.15, -0.1) is 0 Å². The van der Waals surface area contributed by atoms with Gasteiger partial charge in [0.15, 0.2) is 0 Å². The molecule has 2 nitrogen and oxygen atoms in total. The summed E-state index contributed by atoms with van der Waals surface area (Å²) in [7, 11) is 0.